The van der Waals surface area contributed by atoms with E-state index < -0.39 is 13.8 Å². The topological polar surface area (TPSA) is 43.4 Å². The van der Waals surface area contributed by atoms with Gasteiger partial charge in [0.05, 0.1) is 11.4 Å². The largest absolute Gasteiger partial charge is 0.381 e. The highest BCUT2D eigenvalue weighted by Gasteiger charge is 2.59. The van der Waals surface area contributed by atoms with Crippen LogP contribution in [0, 0.1) is 5.92 Å². The summed E-state index contributed by atoms with van der Waals surface area (Å²) in [4.78, 5) is 0. The zero-order valence-electron chi connectivity index (χ0n) is 7.33. The molecule has 1 unspecified atom stereocenters. The molecule has 1 heterocycles. The molecule has 1 saturated carbocycles. The second-order valence-corrected chi connectivity index (χ2v) is 6.82. The Morgan fingerprint density at radius 2 is 2.08 bits per heavy atom. The molecule has 2 aliphatic rings. The highest BCUT2D eigenvalue weighted by atomic mass is 35.7. The van der Waals surface area contributed by atoms with Gasteiger partial charge >= 0.3 is 0 Å². The summed E-state index contributed by atoms with van der Waals surface area (Å²) in [6.07, 6.45) is 3.32. The molecule has 0 aromatic rings. The van der Waals surface area contributed by atoms with Crippen LogP contribution in [0.5, 0.6) is 0 Å². The molecule has 0 N–H and O–H groups in total. The molecule has 1 aliphatic carbocycles. The minimum absolute atomic E-state index is 0.128. The molecule has 0 aromatic heterocycles. The Morgan fingerprint density at radius 3 is 2.46 bits per heavy atom. The summed E-state index contributed by atoms with van der Waals surface area (Å²) in [5, 5.41) is 0. The van der Waals surface area contributed by atoms with Crippen LogP contribution < -0.4 is 0 Å². The van der Waals surface area contributed by atoms with Gasteiger partial charge in [0.25, 0.3) is 0 Å². The fraction of sp³-hybridized carbons (Fsp3) is 1.00. The summed E-state index contributed by atoms with van der Waals surface area (Å²) in [7, 11) is 2.04. The summed E-state index contributed by atoms with van der Waals surface area (Å²) in [6.45, 7) is 1.32. The van der Waals surface area contributed by atoms with Gasteiger partial charge in [0.15, 0.2) is 0 Å². The monoisotopic (exact) mass is 224 g/mol. The van der Waals surface area contributed by atoms with Crippen LogP contribution in [0.25, 0.3) is 0 Å². The first-order valence-electron chi connectivity index (χ1n) is 4.58. The first-order chi connectivity index (χ1) is 6.06. The van der Waals surface area contributed by atoms with Crippen molar-refractivity contribution in [1.82, 2.24) is 0 Å². The van der Waals surface area contributed by atoms with Gasteiger partial charge in [0.1, 0.15) is 0 Å². The minimum Gasteiger partial charge on any atom is -0.381 e. The van der Waals surface area contributed by atoms with E-state index in [-0.39, 0.29) is 5.92 Å². The highest BCUT2D eigenvalue weighted by Crippen LogP contribution is 2.53. The van der Waals surface area contributed by atoms with E-state index in [1.165, 1.54) is 0 Å². The predicted octanol–water partition coefficient (Wildman–Crippen LogP) is 1.51. The van der Waals surface area contributed by atoms with Gasteiger partial charge in [0.2, 0.25) is 9.05 Å². The third-order valence-corrected chi connectivity index (χ3v) is 5.77. The van der Waals surface area contributed by atoms with Gasteiger partial charge < -0.3 is 4.74 Å². The van der Waals surface area contributed by atoms with Gasteiger partial charge in [-0.3, -0.25) is 0 Å². The van der Waals surface area contributed by atoms with E-state index in [0.29, 0.717) is 19.4 Å². The molecule has 0 spiro atoms. The lowest BCUT2D eigenvalue weighted by molar-refractivity contribution is 0.0505. The van der Waals surface area contributed by atoms with E-state index in [1.54, 1.807) is 0 Å². The quantitative estimate of drug-likeness (QED) is 0.668. The molecule has 13 heavy (non-hydrogen) atoms. The lowest BCUT2D eigenvalue weighted by atomic mass is 9.96. The van der Waals surface area contributed by atoms with Crippen LogP contribution >= 0.6 is 10.7 Å². The molecule has 0 aromatic carbocycles. The predicted molar refractivity (Wildman–Crippen MR) is 50.3 cm³/mol. The van der Waals surface area contributed by atoms with Crippen LogP contribution in [-0.2, 0) is 13.8 Å². The summed E-state index contributed by atoms with van der Waals surface area (Å²) in [5.41, 5.74) is 0. The molecular weight excluding hydrogens is 212 g/mol. The molecule has 2 fully saturated rings. The Kier molecular flexibility index (Phi) is 2.33. The molecule has 1 aliphatic heterocycles. The molecule has 1 atom stereocenters. The van der Waals surface area contributed by atoms with Crippen LogP contribution in [0.2, 0.25) is 0 Å². The number of halogens is 1. The smallest absolute Gasteiger partial charge is 0.238 e. The van der Waals surface area contributed by atoms with Crippen molar-refractivity contribution in [3.8, 4) is 0 Å². The first kappa shape index (κ1) is 9.74. The van der Waals surface area contributed by atoms with Crippen LogP contribution in [0.4, 0.5) is 0 Å². The number of hydrogen-bond acceptors (Lipinski definition) is 3. The third-order valence-electron chi connectivity index (χ3n) is 3.13. The number of ether oxygens (including phenoxy) is 1. The molecule has 76 valence electrons. The summed E-state index contributed by atoms with van der Waals surface area (Å²) < 4.78 is 27.3. The van der Waals surface area contributed by atoms with Crippen molar-refractivity contribution in [2.75, 3.05) is 13.2 Å². The standard InChI is InChI=1S/C8H13ClO3S/c9-13(10,11)8(3-4-8)7-2-1-5-12-6-7/h7H,1-6H2. The summed E-state index contributed by atoms with van der Waals surface area (Å²) in [6, 6.07) is 0. The van der Waals surface area contributed by atoms with Crippen LogP contribution in [-0.4, -0.2) is 26.4 Å². The summed E-state index contributed by atoms with van der Waals surface area (Å²) >= 11 is 0. The zero-order valence-corrected chi connectivity index (χ0v) is 8.90. The average Bonchev–Trinajstić information content (AvgIpc) is 2.84. The molecular formula is C8H13ClO3S. The maximum atomic E-state index is 11.3. The van der Waals surface area contributed by atoms with Crippen LogP contribution in [0.1, 0.15) is 25.7 Å². The van der Waals surface area contributed by atoms with Crippen molar-refractivity contribution >= 4 is 19.7 Å². The van der Waals surface area contributed by atoms with E-state index in [9.17, 15) is 8.42 Å². The second kappa shape index (κ2) is 3.11. The van der Waals surface area contributed by atoms with Gasteiger partial charge in [-0.25, -0.2) is 8.42 Å². The first-order valence-corrected chi connectivity index (χ1v) is 6.89. The lowest BCUT2D eigenvalue weighted by Gasteiger charge is -2.27. The van der Waals surface area contributed by atoms with Crippen molar-refractivity contribution in [1.29, 1.82) is 0 Å². The maximum absolute atomic E-state index is 11.3. The third kappa shape index (κ3) is 1.60. The van der Waals surface area contributed by atoms with Crippen molar-refractivity contribution in [3.63, 3.8) is 0 Å². The van der Waals surface area contributed by atoms with Gasteiger partial charge in [-0.15, -0.1) is 0 Å². The molecule has 2 rings (SSSR count). The van der Waals surface area contributed by atoms with E-state index in [4.69, 9.17) is 15.4 Å². The molecule has 0 bridgehead atoms. The lowest BCUT2D eigenvalue weighted by Crippen LogP contribution is -2.35. The Morgan fingerprint density at radius 1 is 1.38 bits per heavy atom. The van der Waals surface area contributed by atoms with Crippen LogP contribution in [0.15, 0.2) is 0 Å². The molecule has 0 radical (unpaired) electrons. The normalized spacial score (nSPS) is 32.8. The number of rotatable bonds is 2. The Labute approximate surface area is 82.8 Å². The van der Waals surface area contributed by atoms with Crippen molar-refractivity contribution in [2.24, 2.45) is 5.92 Å². The van der Waals surface area contributed by atoms with E-state index in [0.717, 1.165) is 19.4 Å². The molecule has 1 saturated heterocycles. The second-order valence-electron chi connectivity index (χ2n) is 3.92. The molecule has 3 nitrogen and oxygen atoms in total. The van der Waals surface area contributed by atoms with Crippen molar-refractivity contribution in [2.45, 2.75) is 30.4 Å². The fourth-order valence-electron chi connectivity index (χ4n) is 2.13. The van der Waals surface area contributed by atoms with Crippen LogP contribution in [0.3, 0.4) is 0 Å². The van der Waals surface area contributed by atoms with Gasteiger partial charge in [0, 0.05) is 23.2 Å². The van der Waals surface area contributed by atoms with Gasteiger partial charge in [-0.1, -0.05) is 0 Å². The van der Waals surface area contributed by atoms with E-state index in [1.807, 2.05) is 0 Å². The van der Waals surface area contributed by atoms with E-state index in [2.05, 4.69) is 0 Å². The van der Waals surface area contributed by atoms with E-state index >= 15 is 0 Å². The maximum Gasteiger partial charge on any atom is 0.238 e. The van der Waals surface area contributed by atoms with Crippen molar-refractivity contribution < 1.29 is 13.2 Å². The Bertz CT molecular complexity index is 289. The van der Waals surface area contributed by atoms with Gasteiger partial charge in [-0.05, 0) is 25.7 Å². The Balaban J connectivity index is 2.15. The van der Waals surface area contributed by atoms with Gasteiger partial charge in [-0.2, -0.15) is 0 Å². The summed E-state index contributed by atoms with van der Waals surface area (Å²) in [5.74, 6) is 0.128. The molecule has 0 amide bonds. The SMILES string of the molecule is O=S(=O)(Cl)C1(C2CCCOC2)CC1. The molecule has 5 heteroatoms. The fourth-order valence-corrected chi connectivity index (χ4v) is 4.14. The Hall–Kier alpha value is 0.200. The average molecular weight is 225 g/mol. The highest BCUT2D eigenvalue weighted by molar-refractivity contribution is 8.15. The minimum atomic E-state index is -3.40. The van der Waals surface area contributed by atoms with Crippen molar-refractivity contribution in [3.05, 3.63) is 0 Å². The number of hydrogen-bond donors (Lipinski definition) is 0. The zero-order chi connectivity index (χ0) is 9.53.